The monoisotopic (exact) mass is 528 g/mol. The normalized spacial score (nSPS) is 13.9. The van der Waals surface area contributed by atoms with Crippen molar-refractivity contribution in [2.24, 2.45) is 7.05 Å². The van der Waals surface area contributed by atoms with Crippen LogP contribution in [0.4, 0.5) is 5.82 Å². The van der Waals surface area contributed by atoms with E-state index in [4.69, 9.17) is 4.84 Å². The zero-order valence-electron chi connectivity index (χ0n) is 22.9. The fourth-order valence-electron chi connectivity index (χ4n) is 5.45. The number of nitriles is 1. The zero-order valence-corrected chi connectivity index (χ0v) is 22.9. The van der Waals surface area contributed by atoms with E-state index in [1.807, 2.05) is 54.8 Å². The van der Waals surface area contributed by atoms with Crippen molar-refractivity contribution in [2.75, 3.05) is 38.2 Å². The summed E-state index contributed by atoms with van der Waals surface area (Å²) >= 11 is 0. The molecule has 10 heteroatoms. The van der Waals surface area contributed by atoms with Gasteiger partial charge in [0, 0.05) is 44.0 Å². The van der Waals surface area contributed by atoms with E-state index in [2.05, 4.69) is 16.3 Å². The van der Waals surface area contributed by atoms with Crippen LogP contribution in [-0.2, 0) is 20.1 Å². The molecule has 1 aliphatic heterocycles. The summed E-state index contributed by atoms with van der Waals surface area (Å²) in [6, 6.07) is 12.1. The van der Waals surface area contributed by atoms with Crippen LogP contribution < -0.4 is 31.0 Å². The Labute approximate surface area is 226 Å². The molecule has 0 bridgehead atoms. The lowest BCUT2D eigenvalue weighted by molar-refractivity contribution is -0.889. The van der Waals surface area contributed by atoms with Crippen molar-refractivity contribution in [3.63, 3.8) is 0 Å². The summed E-state index contributed by atoms with van der Waals surface area (Å²) in [5.74, 6) is 0.690. The summed E-state index contributed by atoms with van der Waals surface area (Å²) < 4.78 is 6.18. The number of nitrogens with one attached hydrogen (secondary N) is 1. The van der Waals surface area contributed by atoms with E-state index in [1.165, 1.54) is 9.13 Å². The van der Waals surface area contributed by atoms with Gasteiger partial charge in [-0.1, -0.05) is 29.8 Å². The number of aryl methyl sites for hydroxylation is 1. The minimum Gasteiger partial charge on any atom is -0.356 e. The van der Waals surface area contributed by atoms with Gasteiger partial charge < -0.3 is 14.8 Å². The van der Waals surface area contributed by atoms with Crippen LogP contribution in [-0.4, -0.2) is 47.0 Å². The van der Waals surface area contributed by atoms with Crippen molar-refractivity contribution in [3.8, 4) is 6.07 Å². The van der Waals surface area contributed by atoms with Crippen LogP contribution in [0, 0.1) is 11.3 Å². The minimum absolute atomic E-state index is 0.00925. The summed E-state index contributed by atoms with van der Waals surface area (Å²) in [6.07, 6.45) is 4.73. The fourth-order valence-corrected chi connectivity index (χ4v) is 5.45. The molecule has 202 valence electrons. The molecule has 3 aromatic heterocycles. The summed E-state index contributed by atoms with van der Waals surface area (Å²) in [4.78, 5) is 35.7. The molecule has 0 saturated carbocycles. The van der Waals surface area contributed by atoms with Crippen LogP contribution in [0.15, 0.2) is 57.8 Å². The van der Waals surface area contributed by atoms with Crippen molar-refractivity contribution in [1.29, 1.82) is 5.26 Å². The molecule has 1 N–H and O–H groups in total. The van der Waals surface area contributed by atoms with Gasteiger partial charge in [0.25, 0.3) is 11.3 Å². The number of aromatic nitrogens is 4. The molecular formula is C29H34N7O3+. The van der Waals surface area contributed by atoms with Gasteiger partial charge in [-0.2, -0.15) is 5.26 Å². The standard InChI is InChI=1S/C29H34N7O3/c1-20(2)10-15-34-26-25(23(18-30)27(34)33-14-7-12-31-13-17-33)32(3)29(38)35(28(26)37)19-24-22-9-6-5-8-21(22)11-16-36(24)39-4/h5-6,8-11,16,31H,7,12-15,17,19H2,1-4H3/q+1. The van der Waals surface area contributed by atoms with Gasteiger partial charge in [0.05, 0.1) is 10.9 Å². The highest BCUT2D eigenvalue weighted by molar-refractivity contribution is 5.90. The summed E-state index contributed by atoms with van der Waals surface area (Å²) in [7, 11) is 3.18. The first kappa shape index (κ1) is 26.3. The third-order valence-corrected chi connectivity index (χ3v) is 7.38. The van der Waals surface area contributed by atoms with Crippen LogP contribution in [0.2, 0.25) is 0 Å². The molecule has 0 spiro atoms. The highest BCUT2D eigenvalue weighted by atomic mass is 16.6. The van der Waals surface area contributed by atoms with Crippen LogP contribution in [0.1, 0.15) is 31.5 Å². The molecule has 39 heavy (non-hydrogen) atoms. The molecule has 1 aliphatic rings. The third kappa shape index (κ3) is 4.59. The molecule has 0 atom stereocenters. The molecule has 5 rings (SSSR count). The Bertz CT molecular complexity index is 1740. The number of hydrogen-bond acceptors (Lipinski definition) is 6. The summed E-state index contributed by atoms with van der Waals surface area (Å²) in [6.45, 7) is 7.55. The Balaban J connectivity index is 1.82. The van der Waals surface area contributed by atoms with Crippen LogP contribution in [0.25, 0.3) is 21.8 Å². The number of benzene rings is 1. The highest BCUT2D eigenvalue weighted by Gasteiger charge is 2.29. The summed E-state index contributed by atoms with van der Waals surface area (Å²) in [5.41, 5.74) is 1.94. The van der Waals surface area contributed by atoms with Crippen molar-refractivity contribution in [3.05, 3.63) is 80.3 Å². The number of anilines is 1. The lowest BCUT2D eigenvalue weighted by Gasteiger charge is -2.24. The number of pyridine rings is 1. The number of hydrogen-bond donors (Lipinski definition) is 1. The smallest absolute Gasteiger partial charge is 0.331 e. The Kier molecular flexibility index (Phi) is 7.26. The molecule has 0 radical (unpaired) electrons. The minimum atomic E-state index is -0.483. The SMILES string of the molecule is CO[n+]1ccc2ccccc2c1Cn1c(=O)c2c(c(C#N)c(N3CCCNCC3)n2CC=C(C)C)n(C)c1=O. The fraction of sp³-hybridized carbons (Fsp3) is 0.379. The van der Waals surface area contributed by atoms with Gasteiger partial charge in [-0.05, 0) is 38.3 Å². The van der Waals surface area contributed by atoms with Gasteiger partial charge in [0.2, 0.25) is 6.20 Å². The molecule has 0 amide bonds. The van der Waals surface area contributed by atoms with Crippen molar-refractivity contribution in [1.82, 2.24) is 19.0 Å². The lowest BCUT2D eigenvalue weighted by Crippen LogP contribution is -2.48. The quantitative estimate of drug-likeness (QED) is 0.302. The van der Waals surface area contributed by atoms with E-state index in [0.717, 1.165) is 42.4 Å². The van der Waals surface area contributed by atoms with Crippen LogP contribution >= 0.6 is 0 Å². The topological polar surface area (TPSA) is 101 Å². The Morgan fingerprint density at radius 1 is 1.13 bits per heavy atom. The van der Waals surface area contributed by atoms with E-state index in [-0.39, 0.29) is 6.54 Å². The number of fused-ring (bicyclic) bond motifs is 2. The lowest BCUT2D eigenvalue weighted by atomic mass is 10.1. The second-order valence-electron chi connectivity index (χ2n) is 10.1. The van der Waals surface area contributed by atoms with Gasteiger partial charge in [0.1, 0.15) is 36.6 Å². The first-order chi connectivity index (χ1) is 18.9. The average molecular weight is 529 g/mol. The van der Waals surface area contributed by atoms with Gasteiger partial charge in [-0.25, -0.2) is 9.36 Å². The van der Waals surface area contributed by atoms with Crippen molar-refractivity contribution < 1.29 is 9.57 Å². The van der Waals surface area contributed by atoms with E-state index in [1.54, 1.807) is 25.1 Å². The van der Waals surface area contributed by atoms with Crippen LogP contribution in [0.5, 0.6) is 0 Å². The molecule has 1 aromatic carbocycles. The molecule has 0 unspecified atom stereocenters. The number of nitrogens with zero attached hydrogens (tertiary/aromatic N) is 6. The van der Waals surface area contributed by atoms with Crippen molar-refractivity contribution in [2.45, 2.75) is 33.4 Å². The number of allylic oxidation sites excluding steroid dienone is 2. The molecular weight excluding hydrogens is 494 g/mol. The Morgan fingerprint density at radius 3 is 2.67 bits per heavy atom. The van der Waals surface area contributed by atoms with Crippen molar-refractivity contribution >= 4 is 27.6 Å². The molecule has 10 nitrogen and oxygen atoms in total. The molecule has 4 aromatic rings. The Morgan fingerprint density at radius 2 is 1.92 bits per heavy atom. The predicted molar refractivity (Wildman–Crippen MR) is 151 cm³/mol. The maximum Gasteiger partial charge on any atom is 0.331 e. The maximum absolute atomic E-state index is 14.3. The van der Waals surface area contributed by atoms with Crippen LogP contribution in [0.3, 0.4) is 0 Å². The average Bonchev–Trinajstić information content (AvgIpc) is 3.06. The Hall–Kier alpha value is -4.36. The van der Waals surface area contributed by atoms with Gasteiger partial charge in [-0.15, -0.1) is 0 Å². The molecule has 1 fully saturated rings. The van der Waals surface area contributed by atoms with E-state index < -0.39 is 11.2 Å². The van der Waals surface area contributed by atoms with E-state index in [0.29, 0.717) is 41.2 Å². The maximum atomic E-state index is 14.3. The van der Waals surface area contributed by atoms with Gasteiger partial charge in [0.15, 0.2) is 0 Å². The molecule has 1 saturated heterocycles. The van der Waals surface area contributed by atoms with Gasteiger partial charge in [-0.3, -0.25) is 14.2 Å². The second-order valence-corrected chi connectivity index (χ2v) is 10.1. The molecule has 4 heterocycles. The highest BCUT2D eigenvalue weighted by Crippen LogP contribution is 2.31. The van der Waals surface area contributed by atoms with E-state index >= 15 is 0 Å². The van der Waals surface area contributed by atoms with E-state index in [9.17, 15) is 14.9 Å². The molecule has 0 aliphatic carbocycles. The third-order valence-electron chi connectivity index (χ3n) is 7.38. The number of rotatable bonds is 6. The first-order valence-electron chi connectivity index (χ1n) is 13.2. The second kappa shape index (κ2) is 10.8. The summed E-state index contributed by atoms with van der Waals surface area (Å²) in [5, 5.41) is 15.6. The largest absolute Gasteiger partial charge is 0.356 e. The predicted octanol–water partition coefficient (Wildman–Crippen LogP) is 1.69. The first-order valence-corrected chi connectivity index (χ1v) is 13.2. The zero-order chi connectivity index (χ0) is 27.7. The van der Waals surface area contributed by atoms with Gasteiger partial charge >= 0.3 is 5.69 Å².